The van der Waals surface area contributed by atoms with Crippen LogP contribution in [-0.4, -0.2) is 29.4 Å². The molecular weight excluding hydrogens is 288 g/mol. The van der Waals surface area contributed by atoms with Crippen LogP contribution in [0.25, 0.3) is 0 Å². The molecule has 0 radical (unpaired) electrons. The average molecular weight is 312 g/mol. The van der Waals surface area contributed by atoms with E-state index in [4.69, 9.17) is 4.74 Å². The van der Waals surface area contributed by atoms with Gasteiger partial charge in [-0.25, -0.2) is 0 Å². The lowest BCUT2D eigenvalue weighted by atomic mass is 10.1. The number of aryl methyl sites for hydroxylation is 1. The summed E-state index contributed by atoms with van der Waals surface area (Å²) in [5, 5.41) is 0. The summed E-state index contributed by atoms with van der Waals surface area (Å²) >= 11 is 0. The van der Waals surface area contributed by atoms with E-state index in [1.807, 2.05) is 50.2 Å². The second-order valence-electron chi connectivity index (χ2n) is 5.67. The third-order valence-electron chi connectivity index (χ3n) is 4.18. The van der Waals surface area contributed by atoms with E-state index in [2.05, 4.69) is 11.9 Å². The minimum absolute atomic E-state index is 0.0319. The van der Waals surface area contributed by atoms with Gasteiger partial charge in [-0.1, -0.05) is 25.1 Å². The van der Waals surface area contributed by atoms with Crippen LogP contribution < -0.4 is 4.74 Å². The molecular formula is C19H24N2O2. The molecule has 1 aromatic heterocycles. The van der Waals surface area contributed by atoms with E-state index in [1.54, 1.807) is 18.1 Å². The summed E-state index contributed by atoms with van der Waals surface area (Å²) in [4.78, 5) is 18.5. The number of carbonyl (C=O) groups is 1. The van der Waals surface area contributed by atoms with Crippen LogP contribution in [0.15, 0.2) is 42.6 Å². The van der Waals surface area contributed by atoms with E-state index in [9.17, 15) is 4.79 Å². The quantitative estimate of drug-likeness (QED) is 0.817. The Balaban J connectivity index is 2.03. The number of carbonyl (C=O) groups excluding carboxylic acids is 1. The van der Waals surface area contributed by atoms with Crippen molar-refractivity contribution in [3.63, 3.8) is 0 Å². The highest BCUT2D eigenvalue weighted by molar-refractivity contribution is 5.78. The Morgan fingerprint density at radius 3 is 2.65 bits per heavy atom. The summed E-state index contributed by atoms with van der Waals surface area (Å²) in [6, 6.07) is 11.6. The second kappa shape index (κ2) is 7.77. The maximum atomic E-state index is 12.5. The SMILES string of the molecule is CC[C@H](c1ccccn1)N(C)C(=O)COc1cccc(C)c1C. The van der Waals surface area contributed by atoms with Gasteiger partial charge in [-0.05, 0) is 49.6 Å². The van der Waals surface area contributed by atoms with Crippen LogP contribution in [0.4, 0.5) is 0 Å². The fourth-order valence-electron chi connectivity index (χ4n) is 2.55. The molecule has 0 bridgehead atoms. The molecule has 1 amide bonds. The van der Waals surface area contributed by atoms with E-state index in [0.717, 1.165) is 29.0 Å². The number of hydrogen-bond donors (Lipinski definition) is 0. The van der Waals surface area contributed by atoms with Crippen molar-refractivity contribution in [2.75, 3.05) is 13.7 Å². The molecule has 1 aromatic carbocycles. The van der Waals surface area contributed by atoms with Crippen LogP contribution in [0.2, 0.25) is 0 Å². The largest absolute Gasteiger partial charge is 0.483 e. The van der Waals surface area contributed by atoms with Gasteiger partial charge in [0.1, 0.15) is 5.75 Å². The molecule has 122 valence electrons. The first kappa shape index (κ1) is 17.0. The average Bonchev–Trinajstić information content (AvgIpc) is 2.57. The fraction of sp³-hybridized carbons (Fsp3) is 0.368. The van der Waals surface area contributed by atoms with Crippen LogP contribution in [0.3, 0.4) is 0 Å². The summed E-state index contributed by atoms with van der Waals surface area (Å²) in [6.45, 7) is 6.12. The third kappa shape index (κ3) is 4.09. The maximum Gasteiger partial charge on any atom is 0.260 e. The molecule has 0 aliphatic rings. The minimum atomic E-state index is -0.0524. The highest BCUT2D eigenvalue weighted by atomic mass is 16.5. The van der Waals surface area contributed by atoms with Gasteiger partial charge in [-0.15, -0.1) is 0 Å². The Kier molecular flexibility index (Phi) is 5.74. The number of aromatic nitrogens is 1. The summed E-state index contributed by atoms with van der Waals surface area (Å²) in [6.07, 6.45) is 2.56. The van der Waals surface area contributed by atoms with Gasteiger partial charge in [0, 0.05) is 13.2 Å². The first-order valence-electron chi connectivity index (χ1n) is 7.90. The van der Waals surface area contributed by atoms with Crippen molar-refractivity contribution in [2.24, 2.45) is 0 Å². The summed E-state index contributed by atoms with van der Waals surface area (Å²) in [5.74, 6) is 0.709. The Hall–Kier alpha value is -2.36. The molecule has 0 saturated carbocycles. The van der Waals surface area contributed by atoms with Gasteiger partial charge in [0.2, 0.25) is 0 Å². The summed E-state index contributed by atoms with van der Waals surface area (Å²) in [5.41, 5.74) is 3.13. The van der Waals surface area contributed by atoms with Crippen molar-refractivity contribution in [2.45, 2.75) is 33.2 Å². The third-order valence-corrected chi connectivity index (χ3v) is 4.18. The number of rotatable bonds is 6. The number of benzene rings is 1. The van der Waals surface area contributed by atoms with Gasteiger partial charge >= 0.3 is 0 Å². The zero-order valence-corrected chi connectivity index (χ0v) is 14.2. The normalized spacial score (nSPS) is 11.8. The molecule has 2 rings (SSSR count). The highest BCUT2D eigenvalue weighted by Gasteiger charge is 2.21. The van der Waals surface area contributed by atoms with Crippen molar-refractivity contribution < 1.29 is 9.53 Å². The minimum Gasteiger partial charge on any atom is -0.483 e. The van der Waals surface area contributed by atoms with Crippen LogP contribution in [-0.2, 0) is 4.79 Å². The van der Waals surface area contributed by atoms with Crippen LogP contribution in [0, 0.1) is 13.8 Å². The first-order valence-corrected chi connectivity index (χ1v) is 7.90. The molecule has 0 spiro atoms. The summed E-state index contributed by atoms with van der Waals surface area (Å²) < 4.78 is 5.72. The monoisotopic (exact) mass is 312 g/mol. The van der Waals surface area contributed by atoms with Crippen LogP contribution >= 0.6 is 0 Å². The highest BCUT2D eigenvalue weighted by Crippen LogP contribution is 2.23. The Bertz CT molecular complexity index is 656. The van der Waals surface area contributed by atoms with Gasteiger partial charge in [0.05, 0.1) is 11.7 Å². The van der Waals surface area contributed by atoms with E-state index in [1.165, 1.54) is 0 Å². The smallest absolute Gasteiger partial charge is 0.260 e. The van der Waals surface area contributed by atoms with Crippen LogP contribution in [0.1, 0.15) is 36.2 Å². The topological polar surface area (TPSA) is 42.4 Å². The lowest BCUT2D eigenvalue weighted by Gasteiger charge is -2.27. The molecule has 1 heterocycles. The van der Waals surface area contributed by atoms with Crippen molar-refractivity contribution in [3.8, 4) is 5.75 Å². The van der Waals surface area contributed by atoms with Gasteiger partial charge in [-0.3, -0.25) is 9.78 Å². The van der Waals surface area contributed by atoms with E-state index in [0.29, 0.717) is 0 Å². The predicted molar refractivity (Wildman–Crippen MR) is 91.5 cm³/mol. The lowest BCUT2D eigenvalue weighted by Crippen LogP contribution is -2.35. The standard InChI is InChI=1S/C19H24N2O2/c1-5-17(16-10-6-7-12-20-16)21(4)19(22)13-23-18-11-8-9-14(2)15(18)3/h6-12,17H,5,13H2,1-4H3/t17-/m1/s1. The van der Waals surface area contributed by atoms with Gasteiger partial charge in [-0.2, -0.15) is 0 Å². The molecule has 0 aliphatic carbocycles. The molecule has 0 fully saturated rings. The van der Waals surface area contributed by atoms with E-state index < -0.39 is 0 Å². The van der Waals surface area contributed by atoms with Crippen molar-refractivity contribution in [3.05, 3.63) is 59.4 Å². The molecule has 0 aliphatic heterocycles. The summed E-state index contributed by atoms with van der Waals surface area (Å²) in [7, 11) is 1.80. The van der Waals surface area contributed by atoms with E-state index >= 15 is 0 Å². The molecule has 0 saturated heterocycles. The number of hydrogen-bond acceptors (Lipinski definition) is 3. The van der Waals surface area contributed by atoms with Gasteiger partial charge < -0.3 is 9.64 Å². The number of amides is 1. The van der Waals surface area contributed by atoms with Crippen LogP contribution in [0.5, 0.6) is 5.75 Å². The molecule has 4 heteroatoms. The van der Waals surface area contributed by atoms with Gasteiger partial charge in [0.15, 0.2) is 6.61 Å². The van der Waals surface area contributed by atoms with E-state index in [-0.39, 0.29) is 18.6 Å². The second-order valence-corrected chi connectivity index (χ2v) is 5.67. The number of nitrogens with zero attached hydrogens (tertiary/aromatic N) is 2. The molecule has 2 aromatic rings. The van der Waals surface area contributed by atoms with Gasteiger partial charge in [0.25, 0.3) is 5.91 Å². The Labute approximate surface area is 138 Å². The Morgan fingerprint density at radius 2 is 2.00 bits per heavy atom. The first-order chi connectivity index (χ1) is 11.0. The maximum absolute atomic E-state index is 12.5. The predicted octanol–water partition coefficient (Wildman–Crippen LogP) is 3.69. The number of ether oxygens (including phenoxy) is 1. The molecule has 4 nitrogen and oxygen atoms in total. The number of likely N-dealkylation sites (N-methyl/N-ethyl adjacent to an activating group) is 1. The zero-order chi connectivity index (χ0) is 16.8. The van der Waals surface area contributed by atoms with Crippen molar-refractivity contribution >= 4 is 5.91 Å². The van der Waals surface area contributed by atoms with Crippen molar-refractivity contribution in [1.29, 1.82) is 0 Å². The molecule has 0 N–H and O–H groups in total. The molecule has 0 unspecified atom stereocenters. The lowest BCUT2D eigenvalue weighted by molar-refractivity contribution is -0.134. The molecule has 23 heavy (non-hydrogen) atoms. The van der Waals surface area contributed by atoms with Crippen molar-refractivity contribution in [1.82, 2.24) is 9.88 Å². The fourth-order valence-corrected chi connectivity index (χ4v) is 2.55. The number of pyridine rings is 1. The molecule has 1 atom stereocenters. The zero-order valence-electron chi connectivity index (χ0n) is 14.2. The Morgan fingerprint density at radius 1 is 1.22 bits per heavy atom.